The van der Waals surface area contributed by atoms with E-state index in [4.69, 9.17) is 75.3 Å². The van der Waals surface area contributed by atoms with E-state index < -0.39 is 219 Å². The van der Waals surface area contributed by atoms with Crippen molar-refractivity contribution in [3.8, 4) is 0 Å². The third kappa shape index (κ3) is 63.9. The van der Waals surface area contributed by atoms with E-state index in [1.54, 1.807) is 0 Å². The van der Waals surface area contributed by atoms with Crippen LogP contribution in [0.5, 0.6) is 0 Å². The molecule has 0 unspecified atom stereocenters. The molecule has 0 aromatic rings. The molecule has 0 spiro atoms. The van der Waals surface area contributed by atoms with Gasteiger partial charge in [0.1, 0.15) is 39.1 Å². The van der Waals surface area contributed by atoms with E-state index >= 15 is 0 Å². The Bertz CT molecular complexity index is 2340. The van der Waals surface area contributed by atoms with Crippen LogP contribution in [-0.4, -0.2) is 233 Å². The molecule has 0 fully saturated rings. The van der Waals surface area contributed by atoms with Crippen molar-refractivity contribution in [1.29, 1.82) is 0 Å². The molecule has 0 aromatic heterocycles. The summed E-state index contributed by atoms with van der Waals surface area (Å²) >= 11 is 0. The largest absolute Gasteiger partial charge is 0.469 e. The van der Waals surface area contributed by atoms with Crippen LogP contribution in [0.1, 0.15) is 12.8 Å². The molecule has 0 aliphatic rings. The SMILES string of the molecule is C=CC(=O)OCCC[Si](O[Si](C)(C)CC[SiH2]O[Si](C)(C)C)(O[Si](C)(C)CC[SiH2]O[Si](C)(C)C)O[Si](C)(C)CC[Si](O[Si](C)(C)C)(O[Si](C)(C)C)O[Si](C)(C)C.C=CC(=O)OCCC[Si](O[Si](C)(C)CC[SiH2]O[Si](C)(C)C)(O[Si](C)(C)CC[SiH2]O[Si](C)(C)C)O[Si](C)(C)CC[Si](O[Si](C)(C)C)(O[Si](C)(C)C)O[Si](C)(C)C. The maximum absolute atomic E-state index is 12.1. The van der Waals surface area contributed by atoms with E-state index in [2.05, 4.69) is 288 Å². The van der Waals surface area contributed by atoms with Crippen molar-refractivity contribution in [3.63, 3.8) is 0 Å². The van der Waals surface area contributed by atoms with Gasteiger partial charge in [-0.1, -0.05) is 13.2 Å². The number of carbonyl (C=O) groups is 2. The first-order valence-corrected chi connectivity index (χ1v) is 108. The van der Waals surface area contributed by atoms with Crippen LogP contribution in [-0.2, 0) is 84.9 Å². The summed E-state index contributed by atoms with van der Waals surface area (Å²) in [5.74, 6) is -0.829. The van der Waals surface area contributed by atoms with Gasteiger partial charge in [0.15, 0.2) is 133 Å². The monoisotopic (exact) mass is 1960 g/mol. The second-order valence-corrected chi connectivity index (χ2v) is 136. The average Bonchev–Trinajstić information content (AvgIpc) is 0.791. The summed E-state index contributed by atoms with van der Waals surface area (Å²) in [6.45, 7) is 103. The molecule has 0 amide bonds. The van der Waals surface area contributed by atoms with Crippen LogP contribution in [0, 0.1) is 0 Å². The molecule has 44 heteroatoms. The maximum Gasteiger partial charge on any atom is 0.469 e. The number of esters is 2. The number of carbonyl (C=O) groups excluding carboxylic acids is 2. The zero-order valence-corrected chi connectivity index (χ0v) is 105. The van der Waals surface area contributed by atoms with Crippen molar-refractivity contribution in [2.75, 3.05) is 13.2 Å². The van der Waals surface area contributed by atoms with Crippen LogP contribution in [0.3, 0.4) is 0 Å². The molecule has 0 saturated heterocycles. The minimum Gasteiger partial charge on any atom is -0.463 e. The van der Waals surface area contributed by atoms with Crippen molar-refractivity contribution < 1.29 is 84.9 Å². The van der Waals surface area contributed by atoms with Crippen molar-refractivity contribution in [2.45, 2.75) is 372 Å². The smallest absolute Gasteiger partial charge is 0.463 e. The van der Waals surface area contributed by atoms with Crippen LogP contribution in [0.2, 0.25) is 360 Å². The van der Waals surface area contributed by atoms with Gasteiger partial charge >= 0.3 is 47.2 Å². The van der Waals surface area contributed by atoms with Crippen LogP contribution in [0.15, 0.2) is 25.3 Å². The Morgan fingerprint density at radius 2 is 0.391 bits per heavy atom. The molecular weight excluding hydrogens is 1790 g/mol. The lowest BCUT2D eigenvalue weighted by atomic mass is 10.5. The fourth-order valence-electron chi connectivity index (χ4n) is 11.9. The van der Waals surface area contributed by atoms with Gasteiger partial charge in [-0.3, -0.25) is 0 Å². The van der Waals surface area contributed by atoms with Gasteiger partial charge in [0.05, 0.1) is 13.2 Å². The van der Waals surface area contributed by atoms with Gasteiger partial charge in [-0.15, -0.1) is 0 Å². The molecule has 0 radical (unpaired) electrons. The minimum atomic E-state index is -3.36. The van der Waals surface area contributed by atoms with Crippen molar-refractivity contribution >= 4 is 219 Å². The first-order valence-electron chi connectivity index (χ1n) is 41.2. The van der Waals surface area contributed by atoms with E-state index in [9.17, 15) is 9.59 Å². The van der Waals surface area contributed by atoms with Gasteiger partial charge in [-0.2, -0.15) is 0 Å². The van der Waals surface area contributed by atoms with E-state index in [0.29, 0.717) is 37.0 Å². The van der Waals surface area contributed by atoms with Crippen molar-refractivity contribution in [1.82, 2.24) is 0 Å². The Morgan fingerprint density at radius 1 is 0.227 bits per heavy atom. The molecule has 110 heavy (non-hydrogen) atoms. The lowest BCUT2D eigenvalue weighted by Gasteiger charge is -2.46. The Balaban J connectivity index is 0. The molecule has 656 valence electrons. The minimum absolute atomic E-state index is 0.268. The summed E-state index contributed by atoms with van der Waals surface area (Å²) in [4.78, 5) is 24.2. The predicted octanol–water partition coefficient (Wildman–Crippen LogP) is 19.8. The maximum atomic E-state index is 12.1. The van der Waals surface area contributed by atoms with Crippen LogP contribution in [0.4, 0.5) is 0 Å². The summed E-state index contributed by atoms with van der Waals surface area (Å²) in [5.41, 5.74) is 0. The van der Waals surface area contributed by atoms with E-state index in [1.807, 2.05) is 0 Å². The normalized spacial score (nSPS) is 16.0. The highest BCUT2D eigenvalue weighted by Crippen LogP contribution is 2.41. The molecule has 0 saturated carbocycles. The summed E-state index contributed by atoms with van der Waals surface area (Å²) < 4.78 is 125. The zero-order chi connectivity index (χ0) is 86.9. The summed E-state index contributed by atoms with van der Waals surface area (Å²) in [6, 6.07) is 12.6. The van der Waals surface area contributed by atoms with Gasteiger partial charge in [0, 0.05) is 36.3 Å². The molecule has 0 heterocycles. The van der Waals surface area contributed by atoms with E-state index in [0.717, 1.165) is 60.4 Å². The van der Waals surface area contributed by atoms with Crippen LogP contribution >= 0.6 is 0 Å². The second kappa shape index (κ2) is 47.2. The zero-order valence-electron chi connectivity index (χ0n) is 79.3. The topological polar surface area (TPSA) is 200 Å². The van der Waals surface area contributed by atoms with Crippen molar-refractivity contribution in [2.24, 2.45) is 0 Å². The molecule has 0 aromatic carbocycles. The molecule has 0 rings (SSSR count). The highest BCUT2D eigenvalue weighted by atomic mass is 28.5. The number of hydrogen-bond donors (Lipinski definition) is 0. The highest BCUT2D eigenvalue weighted by Gasteiger charge is 2.58. The van der Waals surface area contributed by atoms with Crippen LogP contribution in [0.25, 0.3) is 0 Å². The first-order chi connectivity index (χ1) is 48.6. The summed E-state index contributed by atoms with van der Waals surface area (Å²) in [7, 11) is -48.3. The third-order valence-electron chi connectivity index (χ3n) is 15.3. The number of ether oxygens (including phenoxy) is 2. The van der Waals surface area contributed by atoms with Gasteiger partial charge in [-0.25, -0.2) is 9.59 Å². The Labute approximate surface area is 708 Å². The average molecular weight is 1960 g/mol. The quantitative estimate of drug-likeness (QED) is 0.0241. The highest BCUT2D eigenvalue weighted by molar-refractivity contribution is 6.96. The van der Waals surface area contributed by atoms with Crippen LogP contribution < -0.4 is 0 Å². The fourth-order valence-corrected chi connectivity index (χ4v) is 105. The molecule has 0 aliphatic carbocycles. The Morgan fingerprint density at radius 3 is 0.545 bits per heavy atom. The standard InChI is InChI=1S/2C33H88O10Si12/c2*1-23-33(34)35-25-24-28-54(41-51(17,18)29-26-44-36-46(2,3)4,42-52(19,20)30-27-45-37-47(5,6)7)43-53(21,22)31-32-55(38-48(8,9)10,39-49(11,12)13)40-50(14,15)16/h2*23H,1,24-32,44-45H2,2-22H3. The Hall–Kier alpha value is 2.99. The van der Waals surface area contributed by atoms with Gasteiger partial charge in [-0.05, 0) is 348 Å². The van der Waals surface area contributed by atoms with Gasteiger partial charge in [0.2, 0.25) is 0 Å². The first kappa shape index (κ1) is 115. The molecule has 0 bridgehead atoms. The third-order valence-corrected chi connectivity index (χ3v) is 94.5. The summed E-state index contributed by atoms with van der Waals surface area (Å²) in [5, 5.41) is 0. The van der Waals surface area contributed by atoms with E-state index in [-0.39, 0.29) is 13.2 Å². The predicted molar refractivity (Wildman–Crippen MR) is 532 cm³/mol. The van der Waals surface area contributed by atoms with E-state index in [1.165, 1.54) is 12.2 Å². The molecule has 0 aliphatic heterocycles. The molecule has 0 N–H and O–H groups in total. The lowest BCUT2D eigenvalue weighted by molar-refractivity contribution is -0.138. The van der Waals surface area contributed by atoms with Gasteiger partial charge < -0.3 is 75.3 Å². The fraction of sp³-hybridized carbons (Fsp3) is 0.909. The number of hydrogen-bond acceptors (Lipinski definition) is 20. The second-order valence-electron chi connectivity index (χ2n) is 43.4. The van der Waals surface area contributed by atoms with Crippen molar-refractivity contribution in [3.05, 3.63) is 25.3 Å². The molecule has 20 nitrogen and oxygen atoms in total. The molecule has 0 atom stereocenters. The number of rotatable bonds is 60. The summed E-state index contributed by atoms with van der Waals surface area (Å²) in [6.07, 6.45) is 3.64. The molecular formula is C66H176O20Si24. The Kier molecular flexibility index (Phi) is 49.3. The lowest BCUT2D eigenvalue weighted by Crippen LogP contribution is -2.63. The van der Waals surface area contributed by atoms with Gasteiger partial charge in [0.25, 0.3) is 0 Å².